The Morgan fingerprint density at radius 1 is 1.26 bits per heavy atom. The first kappa shape index (κ1) is 12.5. The van der Waals surface area contributed by atoms with Crippen LogP contribution in [0.2, 0.25) is 5.02 Å². The summed E-state index contributed by atoms with van der Waals surface area (Å²) in [5.74, 6) is 0.549. The molecule has 1 saturated carbocycles. The molecule has 100 valence electrons. The molecule has 2 aromatic rings. The highest BCUT2D eigenvalue weighted by molar-refractivity contribution is 6.31. The Labute approximate surface area is 118 Å². The van der Waals surface area contributed by atoms with Gasteiger partial charge in [0.15, 0.2) is 0 Å². The normalized spacial score (nSPS) is 16.1. The van der Waals surface area contributed by atoms with Gasteiger partial charge in [0.25, 0.3) is 0 Å². The zero-order valence-electron chi connectivity index (χ0n) is 10.8. The van der Waals surface area contributed by atoms with Crippen molar-refractivity contribution in [3.8, 4) is 0 Å². The van der Waals surface area contributed by atoms with Crippen LogP contribution in [0, 0.1) is 0 Å². The van der Waals surface area contributed by atoms with E-state index in [1.54, 1.807) is 0 Å². The van der Waals surface area contributed by atoms with E-state index in [1.165, 1.54) is 25.7 Å². The molecule has 3 rings (SSSR count). The van der Waals surface area contributed by atoms with Crippen LogP contribution in [0.15, 0.2) is 30.5 Å². The van der Waals surface area contributed by atoms with Crippen LogP contribution in [0.4, 0.5) is 5.69 Å². The minimum absolute atomic E-state index is 0.549. The number of hydrogen-bond donors (Lipinski definition) is 1. The largest absolute Gasteiger partial charge is 0.396 e. The van der Waals surface area contributed by atoms with E-state index in [0.29, 0.717) is 12.5 Å². The van der Waals surface area contributed by atoms with Gasteiger partial charge in [-0.1, -0.05) is 42.6 Å². The topological polar surface area (TPSA) is 43.8 Å². The molecule has 0 atom stereocenters. The van der Waals surface area contributed by atoms with Gasteiger partial charge < -0.3 is 5.73 Å². The zero-order valence-corrected chi connectivity index (χ0v) is 11.6. The minimum atomic E-state index is 0.549. The highest BCUT2D eigenvalue weighted by Crippen LogP contribution is 2.35. The van der Waals surface area contributed by atoms with Gasteiger partial charge >= 0.3 is 0 Å². The molecule has 0 bridgehead atoms. The molecule has 3 nitrogen and oxygen atoms in total. The number of hydrogen-bond acceptors (Lipinski definition) is 2. The van der Waals surface area contributed by atoms with Gasteiger partial charge in [0.1, 0.15) is 0 Å². The van der Waals surface area contributed by atoms with Crippen LogP contribution in [0.5, 0.6) is 0 Å². The summed E-state index contributed by atoms with van der Waals surface area (Å²) >= 11 is 6.18. The third-order valence-corrected chi connectivity index (χ3v) is 4.22. The number of nitrogens with two attached hydrogens (primary N) is 1. The Hall–Kier alpha value is -1.48. The average Bonchev–Trinajstić information content (AvgIpc) is 3.01. The first-order chi connectivity index (χ1) is 9.24. The fourth-order valence-electron chi connectivity index (χ4n) is 2.85. The molecule has 1 aliphatic carbocycles. The Morgan fingerprint density at radius 2 is 2.00 bits per heavy atom. The molecule has 0 radical (unpaired) electrons. The fraction of sp³-hybridized carbons (Fsp3) is 0.400. The second kappa shape index (κ2) is 5.25. The van der Waals surface area contributed by atoms with Gasteiger partial charge in [-0.2, -0.15) is 5.10 Å². The molecule has 19 heavy (non-hydrogen) atoms. The van der Waals surface area contributed by atoms with E-state index in [4.69, 9.17) is 17.3 Å². The number of nitrogens with zero attached hydrogens (tertiary/aromatic N) is 2. The van der Waals surface area contributed by atoms with Gasteiger partial charge in [-0.25, -0.2) is 0 Å². The number of aromatic nitrogens is 2. The minimum Gasteiger partial charge on any atom is -0.396 e. The van der Waals surface area contributed by atoms with Crippen molar-refractivity contribution in [1.29, 1.82) is 0 Å². The monoisotopic (exact) mass is 275 g/mol. The Balaban J connectivity index is 1.82. The molecule has 1 fully saturated rings. The highest BCUT2D eigenvalue weighted by atomic mass is 35.5. The molecule has 0 aliphatic heterocycles. The summed E-state index contributed by atoms with van der Waals surface area (Å²) in [6.07, 6.45) is 6.94. The van der Waals surface area contributed by atoms with Crippen molar-refractivity contribution in [3.63, 3.8) is 0 Å². The smallest absolute Gasteiger partial charge is 0.0884 e. The van der Waals surface area contributed by atoms with Crippen LogP contribution in [0.1, 0.15) is 42.9 Å². The van der Waals surface area contributed by atoms with E-state index >= 15 is 0 Å². The van der Waals surface area contributed by atoms with Gasteiger partial charge in [-0.05, 0) is 24.5 Å². The van der Waals surface area contributed by atoms with E-state index in [0.717, 1.165) is 22.0 Å². The van der Waals surface area contributed by atoms with Gasteiger partial charge in [0.2, 0.25) is 0 Å². The SMILES string of the molecule is Nc1cn(Cc2ccccc2Cl)nc1C1CCCC1. The Kier molecular flexibility index (Phi) is 3.47. The molecule has 2 N–H and O–H groups in total. The summed E-state index contributed by atoms with van der Waals surface area (Å²) < 4.78 is 1.91. The lowest BCUT2D eigenvalue weighted by Gasteiger charge is -2.06. The van der Waals surface area contributed by atoms with Crippen LogP contribution >= 0.6 is 11.6 Å². The molecule has 1 heterocycles. The molecule has 1 aromatic carbocycles. The molecule has 0 unspecified atom stereocenters. The molecule has 0 amide bonds. The summed E-state index contributed by atoms with van der Waals surface area (Å²) in [6.45, 7) is 0.677. The number of benzene rings is 1. The van der Waals surface area contributed by atoms with Crippen LogP contribution in [0.3, 0.4) is 0 Å². The Bertz CT molecular complexity index is 571. The van der Waals surface area contributed by atoms with E-state index in [9.17, 15) is 0 Å². The maximum atomic E-state index is 6.18. The van der Waals surface area contributed by atoms with E-state index in [2.05, 4.69) is 5.10 Å². The molecule has 1 aliphatic rings. The van der Waals surface area contributed by atoms with Gasteiger partial charge in [-0.15, -0.1) is 0 Å². The summed E-state index contributed by atoms with van der Waals surface area (Å²) in [5.41, 5.74) is 9.06. The van der Waals surface area contributed by atoms with Crippen molar-refractivity contribution >= 4 is 17.3 Å². The summed E-state index contributed by atoms with van der Waals surface area (Å²) in [6, 6.07) is 7.86. The summed E-state index contributed by atoms with van der Waals surface area (Å²) in [4.78, 5) is 0. The summed E-state index contributed by atoms with van der Waals surface area (Å²) in [5, 5.41) is 5.44. The predicted molar refractivity (Wildman–Crippen MR) is 78.4 cm³/mol. The maximum Gasteiger partial charge on any atom is 0.0884 e. The number of rotatable bonds is 3. The van der Waals surface area contributed by atoms with Crippen LogP contribution in [-0.4, -0.2) is 9.78 Å². The van der Waals surface area contributed by atoms with Crippen molar-refractivity contribution in [1.82, 2.24) is 9.78 Å². The Morgan fingerprint density at radius 3 is 2.74 bits per heavy atom. The third-order valence-electron chi connectivity index (χ3n) is 3.85. The van der Waals surface area contributed by atoms with Gasteiger partial charge in [-0.3, -0.25) is 4.68 Å². The molecular formula is C15H18ClN3. The average molecular weight is 276 g/mol. The lowest BCUT2D eigenvalue weighted by atomic mass is 10.0. The standard InChI is InChI=1S/C15H18ClN3/c16-13-8-4-3-7-12(13)9-19-10-14(17)15(18-19)11-5-1-2-6-11/h3-4,7-8,10-11H,1-2,5-6,9,17H2. The van der Waals surface area contributed by atoms with Crippen LogP contribution < -0.4 is 5.73 Å². The quantitative estimate of drug-likeness (QED) is 0.925. The van der Waals surface area contributed by atoms with Crippen LogP contribution in [-0.2, 0) is 6.54 Å². The molecular weight excluding hydrogens is 258 g/mol. The lowest BCUT2D eigenvalue weighted by molar-refractivity contribution is 0.629. The summed E-state index contributed by atoms with van der Waals surface area (Å²) in [7, 11) is 0. The molecule has 0 saturated heterocycles. The van der Waals surface area contributed by atoms with Crippen molar-refractivity contribution in [3.05, 3.63) is 46.7 Å². The second-order valence-corrected chi connectivity index (χ2v) is 5.65. The highest BCUT2D eigenvalue weighted by Gasteiger charge is 2.22. The number of halogens is 1. The maximum absolute atomic E-state index is 6.18. The number of anilines is 1. The van der Waals surface area contributed by atoms with Crippen molar-refractivity contribution < 1.29 is 0 Å². The van der Waals surface area contributed by atoms with E-state index in [-0.39, 0.29) is 0 Å². The first-order valence-corrected chi connectivity index (χ1v) is 7.18. The van der Waals surface area contributed by atoms with Gasteiger partial charge in [0, 0.05) is 17.1 Å². The predicted octanol–water partition coefficient (Wildman–Crippen LogP) is 3.82. The second-order valence-electron chi connectivity index (χ2n) is 5.24. The molecule has 0 spiro atoms. The van der Waals surface area contributed by atoms with Crippen molar-refractivity contribution in [2.75, 3.05) is 5.73 Å². The molecule has 4 heteroatoms. The van der Waals surface area contributed by atoms with Crippen molar-refractivity contribution in [2.45, 2.75) is 38.1 Å². The van der Waals surface area contributed by atoms with E-state index in [1.807, 2.05) is 35.1 Å². The third kappa shape index (κ3) is 2.61. The van der Waals surface area contributed by atoms with Crippen molar-refractivity contribution in [2.24, 2.45) is 0 Å². The fourth-order valence-corrected chi connectivity index (χ4v) is 3.05. The zero-order chi connectivity index (χ0) is 13.2. The number of nitrogen functional groups attached to an aromatic ring is 1. The lowest BCUT2D eigenvalue weighted by Crippen LogP contribution is -2.03. The first-order valence-electron chi connectivity index (χ1n) is 6.80. The van der Waals surface area contributed by atoms with Crippen LogP contribution in [0.25, 0.3) is 0 Å². The van der Waals surface area contributed by atoms with E-state index < -0.39 is 0 Å². The van der Waals surface area contributed by atoms with Gasteiger partial charge in [0.05, 0.1) is 17.9 Å². The molecule has 1 aromatic heterocycles.